The summed E-state index contributed by atoms with van der Waals surface area (Å²) in [6.07, 6.45) is 10.6. The van der Waals surface area contributed by atoms with Gasteiger partial charge in [-0.3, -0.25) is 0 Å². The van der Waals surface area contributed by atoms with Crippen molar-refractivity contribution in [3.8, 4) is 0 Å². The molecule has 2 aliphatic rings. The Morgan fingerprint density at radius 2 is 1.68 bits per heavy atom. The van der Waals surface area contributed by atoms with E-state index in [4.69, 9.17) is 5.73 Å². The third kappa shape index (κ3) is 5.05. The molecule has 0 bridgehead atoms. The lowest BCUT2D eigenvalue weighted by Gasteiger charge is -2.40. The largest absolute Gasteiger partial charge is 0.328 e. The van der Waals surface area contributed by atoms with Crippen LogP contribution in [0.5, 0.6) is 0 Å². The number of rotatable bonds is 6. The van der Waals surface area contributed by atoms with Gasteiger partial charge in [-0.25, -0.2) is 0 Å². The Bertz CT molecular complexity index is 230. The van der Waals surface area contributed by atoms with Gasteiger partial charge in [0.05, 0.1) is 0 Å². The van der Waals surface area contributed by atoms with Gasteiger partial charge in [0.15, 0.2) is 0 Å². The molecule has 0 aromatic carbocycles. The molecule has 2 heterocycles. The molecule has 2 N–H and O–H groups in total. The third-order valence-electron chi connectivity index (χ3n) is 4.94. The van der Waals surface area contributed by atoms with Crippen LogP contribution in [0.4, 0.5) is 0 Å². The first-order chi connectivity index (χ1) is 9.29. The van der Waals surface area contributed by atoms with Gasteiger partial charge in [-0.2, -0.15) is 0 Å². The highest BCUT2D eigenvalue weighted by Gasteiger charge is 2.25. The summed E-state index contributed by atoms with van der Waals surface area (Å²) in [6.45, 7) is 8.73. The van der Waals surface area contributed by atoms with E-state index in [-0.39, 0.29) is 0 Å². The highest BCUT2D eigenvalue weighted by atomic mass is 15.2. The monoisotopic (exact) mass is 267 g/mol. The van der Waals surface area contributed by atoms with Gasteiger partial charge >= 0.3 is 0 Å². The molecule has 3 heteroatoms. The number of hydrogen-bond donors (Lipinski definition) is 1. The summed E-state index contributed by atoms with van der Waals surface area (Å²) in [7, 11) is 0. The van der Waals surface area contributed by atoms with Gasteiger partial charge in [0.25, 0.3) is 0 Å². The SMILES string of the molecule is CCCC(N)CCN1CCC(N2CCCCC2)CC1. The minimum atomic E-state index is 0.421. The van der Waals surface area contributed by atoms with E-state index in [1.54, 1.807) is 0 Å². The Morgan fingerprint density at radius 3 is 2.32 bits per heavy atom. The lowest BCUT2D eigenvalue weighted by molar-refractivity contribution is 0.0912. The molecule has 0 aromatic rings. The smallest absolute Gasteiger partial charge is 0.0120 e. The molecule has 0 spiro atoms. The zero-order valence-corrected chi connectivity index (χ0v) is 12.8. The van der Waals surface area contributed by atoms with Gasteiger partial charge < -0.3 is 15.5 Å². The Balaban J connectivity index is 1.62. The lowest BCUT2D eigenvalue weighted by atomic mass is 9.99. The fourth-order valence-corrected chi connectivity index (χ4v) is 3.66. The second kappa shape index (κ2) is 8.23. The van der Waals surface area contributed by atoms with E-state index in [1.807, 2.05) is 0 Å². The van der Waals surface area contributed by atoms with Crippen molar-refractivity contribution in [2.45, 2.75) is 70.4 Å². The van der Waals surface area contributed by atoms with Gasteiger partial charge in [0, 0.05) is 12.1 Å². The molecule has 112 valence electrons. The minimum Gasteiger partial charge on any atom is -0.328 e. The van der Waals surface area contributed by atoms with E-state index < -0.39 is 0 Å². The van der Waals surface area contributed by atoms with Crippen molar-refractivity contribution in [2.24, 2.45) is 5.73 Å². The molecule has 0 amide bonds. The van der Waals surface area contributed by atoms with E-state index in [0.29, 0.717) is 6.04 Å². The molecule has 0 aromatic heterocycles. The van der Waals surface area contributed by atoms with Crippen LogP contribution in [0, 0.1) is 0 Å². The summed E-state index contributed by atoms with van der Waals surface area (Å²) in [5.41, 5.74) is 6.11. The number of nitrogens with two attached hydrogens (primary N) is 1. The fraction of sp³-hybridized carbons (Fsp3) is 1.00. The van der Waals surface area contributed by atoms with E-state index in [9.17, 15) is 0 Å². The maximum absolute atomic E-state index is 6.11. The van der Waals surface area contributed by atoms with Crippen LogP contribution in [0.25, 0.3) is 0 Å². The Kier molecular flexibility index (Phi) is 6.62. The number of hydrogen-bond acceptors (Lipinski definition) is 3. The molecule has 2 saturated heterocycles. The molecule has 2 fully saturated rings. The Morgan fingerprint density at radius 1 is 1.00 bits per heavy atom. The summed E-state index contributed by atoms with van der Waals surface area (Å²) in [5, 5.41) is 0. The van der Waals surface area contributed by atoms with Crippen LogP contribution in [0.3, 0.4) is 0 Å². The molecule has 1 atom stereocenters. The predicted molar refractivity (Wildman–Crippen MR) is 82.4 cm³/mol. The van der Waals surface area contributed by atoms with E-state index in [2.05, 4.69) is 16.7 Å². The molecule has 0 saturated carbocycles. The van der Waals surface area contributed by atoms with Crippen LogP contribution >= 0.6 is 0 Å². The van der Waals surface area contributed by atoms with Crippen molar-refractivity contribution < 1.29 is 0 Å². The molecule has 1 unspecified atom stereocenters. The molecular weight excluding hydrogens is 234 g/mol. The summed E-state index contributed by atoms with van der Waals surface area (Å²) >= 11 is 0. The summed E-state index contributed by atoms with van der Waals surface area (Å²) in [4.78, 5) is 5.39. The molecule has 3 nitrogen and oxygen atoms in total. The van der Waals surface area contributed by atoms with Crippen molar-refractivity contribution in [3.63, 3.8) is 0 Å². The quantitative estimate of drug-likeness (QED) is 0.802. The standard InChI is InChI=1S/C16H33N3/c1-2-6-15(17)7-12-18-13-8-16(9-14-18)19-10-4-3-5-11-19/h15-16H,2-14,17H2,1H3. The van der Waals surface area contributed by atoms with Crippen molar-refractivity contribution in [2.75, 3.05) is 32.7 Å². The first kappa shape index (κ1) is 15.3. The van der Waals surface area contributed by atoms with Crippen molar-refractivity contribution in [3.05, 3.63) is 0 Å². The third-order valence-corrected chi connectivity index (χ3v) is 4.94. The lowest BCUT2D eigenvalue weighted by Crippen LogP contribution is -2.47. The molecule has 2 rings (SSSR count). The Labute approximate surface area is 119 Å². The summed E-state index contributed by atoms with van der Waals surface area (Å²) in [5.74, 6) is 0. The second-order valence-corrected chi connectivity index (χ2v) is 6.51. The molecule has 0 radical (unpaired) electrons. The van der Waals surface area contributed by atoms with Crippen LogP contribution in [-0.2, 0) is 0 Å². The van der Waals surface area contributed by atoms with Crippen molar-refractivity contribution in [1.82, 2.24) is 9.80 Å². The predicted octanol–water partition coefficient (Wildman–Crippen LogP) is 2.45. The van der Waals surface area contributed by atoms with Gasteiger partial charge in [-0.15, -0.1) is 0 Å². The maximum atomic E-state index is 6.11. The van der Waals surface area contributed by atoms with Gasteiger partial charge in [-0.1, -0.05) is 19.8 Å². The van der Waals surface area contributed by atoms with Crippen LogP contribution in [0.2, 0.25) is 0 Å². The number of likely N-dealkylation sites (tertiary alicyclic amines) is 2. The highest BCUT2D eigenvalue weighted by molar-refractivity contribution is 4.81. The second-order valence-electron chi connectivity index (χ2n) is 6.51. The molecule has 2 aliphatic heterocycles. The van der Waals surface area contributed by atoms with E-state index in [1.165, 1.54) is 84.1 Å². The number of nitrogens with zero attached hydrogens (tertiary/aromatic N) is 2. The first-order valence-electron chi connectivity index (χ1n) is 8.51. The molecule has 0 aliphatic carbocycles. The van der Waals surface area contributed by atoms with Crippen molar-refractivity contribution in [1.29, 1.82) is 0 Å². The minimum absolute atomic E-state index is 0.421. The maximum Gasteiger partial charge on any atom is 0.0120 e. The normalized spacial score (nSPS) is 25.6. The highest BCUT2D eigenvalue weighted by Crippen LogP contribution is 2.21. The topological polar surface area (TPSA) is 32.5 Å². The first-order valence-corrected chi connectivity index (χ1v) is 8.51. The Hall–Kier alpha value is -0.120. The zero-order chi connectivity index (χ0) is 13.5. The summed E-state index contributed by atoms with van der Waals surface area (Å²) < 4.78 is 0. The average molecular weight is 267 g/mol. The van der Waals surface area contributed by atoms with Crippen LogP contribution < -0.4 is 5.73 Å². The summed E-state index contributed by atoms with van der Waals surface area (Å²) in [6, 6.07) is 1.30. The fourth-order valence-electron chi connectivity index (χ4n) is 3.66. The molecule has 19 heavy (non-hydrogen) atoms. The van der Waals surface area contributed by atoms with Crippen LogP contribution in [-0.4, -0.2) is 54.6 Å². The number of piperidine rings is 2. The van der Waals surface area contributed by atoms with E-state index in [0.717, 1.165) is 6.04 Å². The average Bonchev–Trinajstić information content (AvgIpc) is 2.47. The van der Waals surface area contributed by atoms with E-state index >= 15 is 0 Å². The molecular formula is C16H33N3. The zero-order valence-electron chi connectivity index (χ0n) is 12.8. The van der Waals surface area contributed by atoms with Crippen LogP contribution in [0.1, 0.15) is 58.3 Å². The van der Waals surface area contributed by atoms with Gasteiger partial charge in [0.1, 0.15) is 0 Å². The van der Waals surface area contributed by atoms with Gasteiger partial charge in [0.2, 0.25) is 0 Å². The van der Waals surface area contributed by atoms with Crippen LogP contribution in [0.15, 0.2) is 0 Å². The van der Waals surface area contributed by atoms with Crippen molar-refractivity contribution >= 4 is 0 Å². The van der Waals surface area contributed by atoms with Gasteiger partial charge in [-0.05, 0) is 71.2 Å².